The lowest BCUT2D eigenvalue weighted by atomic mass is 9.95. The van der Waals surface area contributed by atoms with E-state index in [0.29, 0.717) is 0 Å². The van der Waals surface area contributed by atoms with Crippen LogP contribution in [0, 0.1) is 5.92 Å². The van der Waals surface area contributed by atoms with Gasteiger partial charge in [-0.05, 0) is 31.6 Å². The van der Waals surface area contributed by atoms with Gasteiger partial charge in [0, 0.05) is 0 Å². The van der Waals surface area contributed by atoms with Crippen LogP contribution in [0.4, 0.5) is 0 Å². The van der Waals surface area contributed by atoms with E-state index >= 15 is 0 Å². The third kappa shape index (κ3) is 6.54. The molecule has 0 N–H and O–H groups in total. The van der Waals surface area contributed by atoms with Crippen molar-refractivity contribution >= 4 is 0 Å². The molecule has 0 saturated carbocycles. The smallest absolute Gasteiger partial charge is 0.0199 e. The Kier molecular flexibility index (Phi) is 7.33. The molecule has 0 heterocycles. The Balaban J connectivity index is 2.33. The number of rotatable bonds is 2. The van der Waals surface area contributed by atoms with Crippen LogP contribution in [0.3, 0.4) is 0 Å². The molecule has 0 fully saturated rings. The minimum atomic E-state index is 0.766. The van der Waals surface area contributed by atoms with Gasteiger partial charge < -0.3 is 0 Å². The van der Waals surface area contributed by atoms with Crippen molar-refractivity contribution in [3.63, 3.8) is 0 Å². The maximum Gasteiger partial charge on any atom is -0.0199 e. The van der Waals surface area contributed by atoms with Crippen molar-refractivity contribution in [3.05, 3.63) is 24.8 Å². The predicted octanol–water partition coefficient (Wildman–Crippen LogP) is 5.26. The van der Waals surface area contributed by atoms with E-state index in [1.54, 1.807) is 0 Å². The Morgan fingerprint density at radius 3 is 2.40 bits per heavy atom. The maximum absolute atomic E-state index is 3.85. The van der Waals surface area contributed by atoms with Crippen molar-refractivity contribution in [2.75, 3.05) is 0 Å². The Labute approximate surface area is 95.5 Å². The zero-order chi connectivity index (χ0) is 10.8. The molecule has 0 aromatic heterocycles. The van der Waals surface area contributed by atoms with Crippen molar-refractivity contribution in [2.24, 2.45) is 5.92 Å². The summed E-state index contributed by atoms with van der Waals surface area (Å²) in [4.78, 5) is 0. The van der Waals surface area contributed by atoms with E-state index in [0.717, 1.165) is 12.3 Å². The first-order chi connectivity index (χ1) is 7.43. The van der Waals surface area contributed by atoms with Crippen molar-refractivity contribution < 1.29 is 0 Å². The van der Waals surface area contributed by atoms with Crippen LogP contribution < -0.4 is 0 Å². The van der Waals surface area contributed by atoms with E-state index in [1.165, 1.54) is 57.8 Å². The molecule has 0 amide bonds. The van der Waals surface area contributed by atoms with Crippen molar-refractivity contribution in [2.45, 2.75) is 64.2 Å². The first kappa shape index (κ1) is 12.5. The lowest BCUT2D eigenvalue weighted by Gasteiger charge is -2.11. The first-order valence-corrected chi connectivity index (χ1v) is 6.71. The summed E-state index contributed by atoms with van der Waals surface area (Å²) in [5.41, 5.74) is 0. The van der Waals surface area contributed by atoms with Crippen LogP contribution in [-0.2, 0) is 0 Å². The highest BCUT2D eigenvalue weighted by Crippen LogP contribution is 2.19. The van der Waals surface area contributed by atoms with E-state index in [9.17, 15) is 0 Å². The zero-order valence-corrected chi connectivity index (χ0v) is 10.1. The molecule has 0 radical (unpaired) electrons. The second kappa shape index (κ2) is 8.76. The van der Waals surface area contributed by atoms with Gasteiger partial charge in [0.15, 0.2) is 0 Å². The van der Waals surface area contributed by atoms with E-state index in [-0.39, 0.29) is 0 Å². The quantitative estimate of drug-likeness (QED) is 0.541. The highest BCUT2D eigenvalue weighted by Gasteiger charge is 2.03. The van der Waals surface area contributed by atoms with E-state index in [2.05, 4.69) is 24.8 Å². The largest absolute Gasteiger partial charge is 0.103 e. The molecule has 0 aromatic carbocycles. The van der Waals surface area contributed by atoms with Crippen LogP contribution in [-0.4, -0.2) is 0 Å². The summed E-state index contributed by atoms with van der Waals surface area (Å²) in [6.07, 6.45) is 20.7. The molecular weight excluding hydrogens is 180 g/mol. The van der Waals surface area contributed by atoms with Gasteiger partial charge in [-0.15, -0.1) is 6.58 Å². The maximum atomic E-state index is 3.85. The van der Waals surface area contributed by atoms with Crippen LogP contribution in [0.15, 0.2) is 24.8 Å². The SMILES string of the molecule is C=CCC1/C=C\CCCCCCCCC1. The second-order valence-electron chi connectivity index (χ2n) is 4.76. The van der Waals surface area contributed by atoms with Gasteiger partial charge in [0.25, 0.3) is 0 Å². The van der Waals surface area contributed by atoms with Crippen molar-refractivity contribution in [1.82, 2.24) is 0 Å². The molecule has 1 atom stereocenters. The van der Waals surface area contributed by atoms with Gasteiger partial charge in [0.2, 0.25) is 0 Å². The highest BCUT2D eigenvalue weighted by atomic mass is 14.1. The lowest BCUT2D eigenvalue weighted by Crippen LogP contribution is -1.95. The fraction of sp³-hybridized carbons (Fsp3) is 0.733. The van der Waals surface area contributed by atoms with Gasteiger partial charge >= 0.3 is 0 Å². The van der Waals surface area contributed by atoms with Crippen LogP contribution >= 0.6 is 0 Å². The molecule has 0 aliphatic heterocycles. The molecule has 0 heteroatoms. The molecule has 1 unspecified atom stereocenters. The monoisotopic (exact) mass is 206 g/mol. The van der Waals surface area contributed by atoms with E-state index < -0.39 is 0 Å². The number of hydrogen-bond donors (Lipinski definition) is 0. The Bertz CT molecular complexity index is 178. The van der Waals surface area contributed by atoms with Gasteiger partial charge in [0.05, 0.1) is 0 Å². The molecule has 1 aliphatic rings. The molecule has 0 saturated heterocycles. The van der Waals surface area contributed by atoms with Gasteiger partial charge in [-0.1, -0.05) is 56.8 Å². The van der Waals surface area contributed by atoms with Crippen LogP contribution in [0.5, 0.6) is 0 Å². The molecule has 1 rings (SSSR count). The van der Waals surface area contributed by atoms with E-state index in [4.69, 9.17) is 0 Å². The fourth-order valence-corrected chi connectivity index (χ4v) is 2.35. The lowest BCUT2D eigenvalue weighted by molar-refractivity contribution is 0.510. The standard InChI is InChI=1S/C15H26/c1-2-12-15-13-10-8-6-4-3-5-7-9-11-14-15/h2,10,13,15H,1,3-9,11-12,14H2/b13-10-. The molecule has 0 aromatic rings. The van der Waals surface area contributed by atoms with Gasteiger partial charge in [0.1, 0.15) is 0 Å². The van der Waals surface area contributed by atoms with Gasteiger partial charge in [-0.25, -0.2) is 0 Å². The highest BCUT2D eigenvalue weighted by molar-refractivity contribution is 4.91. The fourth-order valence-electron chi connectivity index (χ4n) is 2.35. The molecule has 86 valence electrons. The average Bonchev–Trinajstić information content (AvgIpc) is 2.22. The third-order valence-electron chi connectivity index (χ3n) is 3.32. The summed E-state index contributed by atoms with van der Waals surface area (Å²) >= 11 is 0. The summed E-state index contributed by atoms with van der Waals surface area (Å²) in [6, 6.07) is 0. The summed E-state index contributed by atoms with van der Waals surface area (Å²) in [5, 5.41) is 0. The van der Waals surface area contributed by atoms with Crippen molar-refractivity contribution in [3.8, 4) is 0 Å². The van der Waals surface area contributed by atoms with Gasteiger partial charge in [-0.2, -0.15) is 0 Å². The van der Waals surface area contributed by atoms with Crippen LogP contribution in [0.1, 0.15) is 64.2 Å². The molecule has 1 aliphatic carbocycles. The minimum absolute atomic E-state index is 0.766. The molecule has 0 bridgehead atoms. The number of allylic oxidation sites excluding steroid dienone is 3. The summed E-state index contributed by atoms with van der Waals surface area (Å²) in [7, 11) is 0. The summed E-state index contributed by atoms with van der Waals surface area (Å²) < 4.78 is 0. The normalized spacial score (nSPS) is 27.3. The topological polar surface area (TPSA) is 0 Å². The van der Waals surface area contributed by atoms with Crippen LogP contribution in [0.2, 0.25) is 0 Å². The van der Waals surface area contributed by atoms with Crippen molar-refractivity contribution in [1.29, 1.82) is 0 Å². The van der Waals surface area contributed by atoms with Gasteiger partial charge in [-0.3, -0.25) is 0 Å². The second-order valence-corrected chi connectivity index (χ2v) is 4.76. The number of hydrogen-bond acceptors (Lipinski definition) is 0. The Morgan fingerprint density at radius 2 is 1.67 bits per heavy atom. The zero-order valence-electron chi connectivity index (χ0n) is 10.1. The molecular formula is C15H26. The first-order valence-electron chi connectivity index (χ1n) is 6.71. The molecule has 0 nitrogen and oxygen atoms in total. The Hall–Kier alpha value is -0.520. The summed E-state index contributed by atoms with van der Waals surface area (Å²) in [6.45, 7) is 3.85. The predicted molar refractivity (Wildman–Crippen MR) is 69.0 cm³/mol. The molecule has 15 heavy (non-hydrogen) atoms. The Morgan fingerprint density at radius 1 is 1.00 bits per heavy atom. The minimum Gasteiger partial charge on any atom is -0.103 e. The summed E-state index contributed by atoms with van der Waals surface area (Å²) in [5.74, 6) is 0.766. The molecule has 0 spiro atoms. The van der Waals surface area contributed by atoms with Crippen LogP contribution in [0.25, 0.3) is 0 Å². The van der Waals surface area contributed by atoms with E-state index in [1.807, 2.05) is 0 Å². The average molecular weight is 206 g/mol. The third-order valence-corrected chi connectivity index (χ3v) is 3.32.